The first-order chi connectivity index (χ1) is 10.1. The van der Waals surface area contributed by atoms with Gasteiger partial charge in [0.25, 0.3) is 0 Å². The molecule has 1 atom stereocenters. The van der Waals surface area contributed by atoms with Gasteiger partial charge in [0, 0.05) is 12.2 Å². The first-order valence-corrected chi connectivity index (χ1v) is 6.77. The van der Waals surface area contributed by atoms with Gasteiger partial charge in [-0.05, 0) is 12.1 Å². The zero-order valence-corrected chi connectivity index (χ0v) is 12.4. The van der Waals surface area contributed by atoms with Crippen LogP contribution >= 0.6 is 11.6 Å². The third-order valence-electron chi connectivity index (χ3n) is 2.99. The Labute approximate surface area is 126 Å². The summed E-state index contributed by atoms with van der Waals surface area (Å²) in [5.74, 6) is 0.105. The number of aromatic amines is 1. The van der Waals surface area contributed by atoms with Gasteiger partial charge < -0.3 is 19.9 Å². The van der Waals surface area contributed by atoms with Crippen molar-refractivity contribution in [2.75, 3.05) is 32.0 Å². The third kappa shape index (κ3) is 3.03. The Bertz CT molecular complexity index is 644. The summed E-state index contributed by atoms with van der Waals surface area (Å²) < 4.78 is 9.95. The number of nitrogens with zero attached hydrogens (tertiary/aromatic N) is 1. The monoisotopic (exact) mass is 313 g/mol. The van der Waals surface area contributed by atoms with Crippen LogP contribution in [0.25, 0.3) is 10.9 Å². The number of benzene rings is 1. The van der Waals surface area contributed by atoms with Gasteiger partial charge in [0.15, 0.2) is 5.69 Å². The van der Waals surface area contributed by atoms with Gasteiger partial charge in [0.05, 0.1) is 31.6 Å². The maximum absolute atomic E-state index is 11.8. The third-order valence-corrected chi connectivity index (χ3v) is 3.34. The van der Waals surface area contributed by atoms with Gasteiger partial charge in [0.1, 0.15) is 11.3 Å². The molecule has 0 saturated carbocycles. The van der Waals surface area contributed by atoms with Crippen LogP contribution in [-0.2, 0) is 4.74 Å². The normalized spacial score (nSPS) is 12.2. The molecule has 0 fully saturated rings. The maximum Gasteiger partial charge on any atom is 0.356 e. The number of ether oxygens (including phenoxy) is 2. The highest BCUT2D eigenvalue weighted by Crippen LogP contribution is 2.32. The molecule has 114 valence electrons. The highest BCUT2D eigenvalue weighted by Gasteiger charge is 2.20. The lowest BCUT2D eigenvalue weighted by Crippen LogP contribution is -2.21. The van der Waals surface area contributed by atoms with Gasteiger partial charge in [-0.2, -0.15) is 5.10 Å². The van der Waals surface area contributed by atoms with E-state index in [9.17, 15) is 9.90 Å². The molecule has 7 nitrogen and oxygen atoms in total. The molecular weight excluding hydrogens is 298 g/mol. The Morgan fingerprint density at radius 3 is 2.90 bits per heavy atom. The second-order valence-electron chi connectivity index (χ2n) is 4.32. The summed E-state index contributed by atoms with van der Waals surface area (Å²) in [5.41, 5.74) is 1.35. The Hall–Kier alpha value is -1.99. The summed E-state index contributed by atoms with van der Waals surface area (Å²) >= 11 is 5.56. The van der Waals surface area contributed by atoms with Crippen LogP contribution in [0.2, 0.25) is 0 Å². The average molecular weight is 314 g/mol. The molecule has 0 radical (unpaired) electrons. The number of hydrogen-bond acceptors (Lipinski definition) is 6. The summed E-state index contributed by atoms with van der Waals surface area (Å²) in [7, 11) is 2.81. The van der Waals surface area contributed by atoms with Crippen molar-refractivity contribution in [3.05, 3.63) is 17.8 Å². The van der Waals surface area contributed by atoms with Crippen molar-refractivity contribution in [2.24, 2.45) is 0 Å². The van der Waals surface area contributed by atoms with Crippen molar-refractivity contribution >= 4 is 34.2 Å². The van der Waals surface area contributed by atoms with E-state index in [0.29, 0.717) is 22.3 Å². The summed E-state index contributed by atoms with van der Waals surface area (Å²) in [5, 5.41) is 19.8. The van der Waals surface area contributed by atoms with Crippen molar-refractivity contribution in [1.82, 2.24) is 10.2 Å². The Kier molecular flexibility index (Phi) is 4.87. The average Bonchev–Trinajstić information content (AvgIpc) is 2.96. The maximum atomic E-state index is 11.8. The Balaban J connectivity index is 2.49. The first kappa shape index (κ1) is 15.4. The molecule has 1 aromatic heterocycles. The predicted octanol–water partition coefficient (Wildman–Crippen LogP) is 1.37. The summed E-state index contributed by atoms with van der Waals surface area (Å²) in [6.07, 6.45) is -0.697. The van der Waals surface area contributed by atoms with Crippen LogP contribution < -0.4 is 10.1 Å². The molecule has 0 bridgehead atoms. The van der Waals surface area contributed by atoms with E-state index >= 15 is 0 Å². The van der Waals surface area contributed by atoms with Gasteiger partial charge in [-0.1, -0.05) is 0 Å². The zero-order valence-electron chi connectivity index (χ0n) is 11.6. The fraction of sp³-hybridized carbons (Fsp3) is 0.385. The number of aromatic nitrogens is 2. The van der Waals surface area contributed by atoms with E-state index in [1.54, 1.807) is 12.1 Å². The van der Waals surface area contributed by atoms with Crippen molar-refractivity contribution in [1.29, 1.82) is 0 Å². The Morgan fingerprint density at radius 1 is 1.52 bits per heavy atom. The van der Waals surface area contributed by atoms with Crippen molar-refractivity contribution in [2.45, 2.75) is 6.10 Å². The number of alkyl halides is 1. The predicted molar refractivity (Wildman–Crippen MR) is 79.2 cm³/mol. The second kappa shape index (κ2) is 6.64. The number of anilines is 1. The van der Waals surface area contributed by atoms with Crippen LogP contribution in [0, 0.1) is 0 Å². The summed E-state index contributed by atoms with van der Waals surface area (Å²) in [4.78, 5) is 11.8. The molecule has 1 unspecified atom stereocenters. The number of carbonyl (C=O) groups excluding carboxylic acids is 1. The number of H-pyrrole nitrogens is 1. The van der Waals surface area contributed by atoms with Crippen LogP contribution in [0.15, 0.2) is 12.1 Å². The number of nitrogens with one attached hydrogen (secondary N) is 2. The van der Waals surface area contributed by atoms with Crippen molar-refractivity contribution in [3.8, 4) is 5.75 Å². The minimum Gasteiger partial charge on any atom is -0.494 e. The van der Waals surface area contributed by atoms with E-state index in [0.717, 1.165) is 0 Å². The second-order valence-corrected chi connectivity index (χ2v) is 4.63. The standard InChI is InChI=1S/C13H16ClN3O4/c1-20-9-4-3-8(15-6-7(18)5-14)10-11(9)16-17-12(10)13(19)21-2/h3-4,7,15,18H,5-6H2,1-2H3,(H,16,17). The van der Waals surface area contributed by atoms with Gasteiger partial charge in [-0.3, -0.25) is 5.10 Å². The zero-order chi connectivity index (χ0) is 15.4. The lowest BCUT2D eigenvalue weighted by atomic mass is 10.1. The largest absolute Gasteiger partial charge is 0.494 e. The molecule has 0 aliphatic rings. The fourth-order valence-corrected chi connectivity index (χ4v) is 2.06. The number of rotatable bonds is 6. The van der Waals surface area contributed by atoms with Gasteiger partial charge in [0.2, 0.25) is 0 Å². The lowest BCUT2D eigenvalue weighted by Gasteiger charge is -2.12. The fourth-order valence-electron chi connectivity index (χ4n) is 1.95. The van der Waals surface area contributed by atoms with Gasteiger partial charge >= 0.3 is 5.97 Å². The SMILES string of the molecule is COC(=O)c1[nH]nc2c(OC)ccc(NCC(O)CCl)c12. The number of methoxy groups -OCH3 is 2. The molecule has 1 aromatic carbocycles. The van der Waals surface area contributed by atoms with Gasteiger partial charge in [-0.15, -0.1) is 11.6 Å². The summed E-state index contributed by atoms with van der Waals surface area (Å²) in [6, 6.07) is 3.46. The molecule has 8 heteroatoms. The molecule has 2 rings (SSSR count). The van der Waals surface area contributed by atoms with E-state index in [4.69, 9.17) is 21.1 Å². The van der Waals surface area contributed by atoms with E-state index in [2.05, 4.69) is 15.5 Å². The molecule has 0 aliphatic carbocycles. The molecule has 0 spiro atoms. The molecule has 0 saturated heterocycles. The summed E-state index contributed by atoms with van der Waals surface area (Å²) in [6.45, 7) is 0.247. The van der Waals surface area contributed by atoms with E-state index < -0.39 is 12.1 Å². The highest BCUT2D eigenvalue weighted by molar-refractivity contribution is 6.18. The molecule has 3 N–H and O–H groups in total. The van der Waals surface area contributed by atoms with Crippen molar-refractivity contribution < 1.29 is 19.4 Å². The number of fused-ring (bicyclic) bond motifs is 1. The number of hydrogen-bond donors (Lipinski definition) is 3. The van der Waals surface area contributed by atoms with Crippen LogP contribution in [0.1, 0.15) is 10.5 Å². The van der Waals surface area contributed by atoms with Gasteiger partial charge in [-0.25, -0.2) is 4.79 Å². The molecular formula is C13H16ClN3O4. The number of halogens is 1. The minimum absolute atomic E-state index is 0.113. The number of aliphatic hydroxyl groups is 1. The number of carbonyl (C=O) groups is 1. The van der Waals surface area contributed by atoms with Crippen LogP contribution in [0.3, 0.4) is 0 Å². The topological polar surface area (TPSA) is 96.5 Å². The lowest BCUT2D eigenvalue weighted by molar-refractivity contribution is 0.0596. The smallest absolute Gasteiger partial charge is 0.356 e. The quantitative estimate of drug-likeness (QED) is 0.550. The first-order valence-electron chi connectivity index (χ1n) is 6.23. The van der Waals surface area contributed by atoms with Crippen LogP contribution in [0.5, 0.6) is 5.75 Å². The van der Waals surface area contributed by atoms with E-state index in [-0.39, 0.29) is 18.1 Å². The molecule has 0 aliphatic heterocycles. The number of esters is 1. The van der Waals surface area contributed by atoms with E-state index in [1.807, 2.05) is 0 Å². The van der Waals surface area contributed by atoms with E-state index in [1.165, 1.54) is 14.2 Å². The minimum atomic E-state index is -0.697. The molecule has 0 amide bonds. The molecule has 21 heavy (non-hydrogen) atoms. The number of aliphatic hydroxyl groups excluding tert-OH is 1. The molecule has 2 aromatic rings. The van der Waals surface area contributed by atoms with Crippen LogP contribution in [-0.4, -0.2) is 54.0 Å². The van der Waals surface area contributed by atoms with Crippen LogP contribution in [0.4, 0.5) is 5.69 Å². The molecule has 1 heterocycles. The Morgan fingerprint density at radius 2 is 2.29 bits per heavy atom. The van der Waals surface area contributed by atoms with Crippen molar-refractivity contribution in [3.63, 3.8) is 0 Å². The highest BCUT2D eigenvalue weighted by atomic mass is 35.5.